The molecule has 0 unspecified atom stereocenters. The number of piperidine rings is 1. The summed E-state index contributed by atoms with van der Waals surface area (Å²) in [6, 6.07) is 18.9. The summed E-state index contributed by atoms with van der Waals surface area (Å²) in [5, 5.41) is 3.06. The lowest BCUT2D eigenvalue weighted by molar-refractivity contribution is -0.124. The van der Waals surface area contributed by atoms with E-state index in [2.05, 4.69) is 58.4 Å². The number of rotatable bonds is 2. The largest absolute Gasteiger partial charge is 0.371 e. The van der Waals surface area contributed by atoms with E-state index in [9.17, 15) is 4.79 Å². The number of carbonyl (C=O) groups excluding carboxylic acids is 1. The highest BCUT2D eigenvalue weighted by atomic mass is 16.2. The average molecular weight is 321 g/mol. The Balaban J connectivity index is 1.55. The molecular formula is C20H23N3O. The number of hydrogen-bond donors (Lipinski definition) is 1. The standard InChI is InChI=1S/C20H23N3O/c1-16-7-9-17(10-8-16)22-13-11-20(12-14-22)19(24)21-15-23(20)18-5-3-2-4-6-18/h2-10H,11-15H2,1H3,(H,21,24). The van der Waals surface area contributed by atoms with Crippen LogP contribution in [0.15, 0.2) is 54.6 Å². The maximum Gasteiger partial charge on any atom is 0.247 e. The van der Waals surface area contributed by atoms with Crippen LogP contribution in [0, 0.1) is 6.92 Å². The van der Waals surface area contributed by atoms with Gasteiger partial charge in [-0.1, -0.05) is 35.9 Å². The van der Waals surface area contributed by atoms with Gasteiger partial charge < -0.3 is 15.1 Å². The molecule has 1 N–H and O–H groups in total. The fourth-order valence-corrected chi connectivity index (χ4v) is 3.92. The Morgan fingerprint density at radius 3 is 2.25 bits per heavy atom. The predicted octanol–water partition coefficient (Wildman–Crippen LogP) is 2.93. The van der Waals surface area contributed by atoms with Crippen molar-refractivity contribution in [3.8, 4) is 0 Å². The van der Waals surface area contributed by atoms with E-state index in [-0.39, 0.29) is 5.91 Å². The lowest BCUT2D eigenvalue weighted by atomic mass is 9.85. The van der Waals surface area contributed by atoms with Crippen molar-refractivity contribution in [2.45, 2.75) is 25.3 Å². The van der Waals surface area contributed by atoms with Crippen molar-refractivity contribution in [1.82, 2.24) is 5.32 Å². The van der Waals surface area contributed by atoms with E-state index in [0.29, 0.717) is 6.67 Å². The van der Waals surface area contributed by atoms with Crippen molar-refractivity contribution in [3.05, 3.63) is 60.2 Å². The summed E-state index contributed by atoms with van der Waals surface area (Å²) in [5.41, 5.74) is 3.25. The first kappa shape index (κ1) is 15.1. The highest BCUT2D eigenvalue weighted by Gasteiger charge is 2.50. The van der Waals surface area contributed by atoms with Gasteiger partial charge in [-0.25, -0.2) is 0 Å². The van der Waals surface area contributed by atoms with Crippen molar-refractivity contribution in [2.24, 2.45) is 0 Å². The lowest BCUT2D eigenvalue weighted by Gasteiger charge is -2.44. The number of nitrogens with one attached hydrogen (secondary N) is 1. The Morgan fingerprint density at radius 1 is 0.917 bits per heavy atom. The molecule has 2 aromatic carbocycles. The maximum atomic E-state index is 12.7. The van der Waals surface area contributed by atoms with E-state index in [0.717, 1.165) is 31.6 Å². The zero-order chi connectivity index (χ0) is 16.6. The van der Waals surface area contributed by atoms with Gasteiger partial charge in [-0.2, -0.15) is 0 Å². The fourth-order valence-electron chi connectivity index (χ4n) is 3.92. The number of hydrogen-bond acceptors (Lipinski definition) is 3. The van der Waals surface area contributed by atoms with Crippen LogP contribution in [0.1, 0.15) is 18.4 Å². The third kappa shape index (κ3) is 2.42. The summed E-state index contributed by atoms with van der Waals surface area (Å²) in [6.45, 7) is 4.52. The van der Waals surface area contributed by atoms with Gasteiger partial charge in [-0.15, -0.1) is 0 Å². The number of aryl methyl sites for hydroxylation is 1. The van der Waals surface area contributed by atoms with Crippen molar-refractivity contribution in [2.75, 3.05) is 29.6 Å². The number of carbonyl (C=O) groups is 1. The first-order valence-corrected chi connectivity index (χ1v) is 8.62. The molecule has 24 heavy (non-hydrogen) atoms. The molecule has 124 valence electrons. The smallest absolute Gasteiger partial charge is 0.247 e. The molecule has 4 rings (SSSR count). The van der Waals surface area contributed by atoms with Crippen LogP contribution in [0.4, 0.5) is 11.4 Å². The Kier molecular flexibility index (Phi) is 3.68. The minimum Gasteiger partial charge on any atom is -0.371 e. The second kappa shape index (κ2) is 5.86. The Morgan fingerprint density at radius 2 is 1.58 bits per heavy atom. The molecule has 0 aliphatic carbocycles. The van der Waals surface area contributed by atoms with E-state index in [1.165, 1.54) is 11.3 Å². The van der Waals surface area contributed by atoms with Crippen molar-refractivity contribution in [1.29, 1.82) is 0 Å². The molecule has 2 fully saturated rings. The molecular weight excluding hydrogens is 298 g/mol. The Labute approximate surface area is 143 Å². The summed E-state index contributed by atoms with van der Waals surface area (Å²) >= 11 is 0. The quantitative estimate of drug-likeness (QED) is 0.924. The summed E-state index contributed by atoms with van der Waals surface area (Å²) in [4.78, 5) is 17.3. The number of benzene rings is 2. The Hall–Kier alpha value is -2.49. The predicted molar refractivity (Wildman–Crippen MR) is 97.3 cm³/mol. The van der Waals surface area contributed by atoms with E-state index in [4.69, 9.17) is 0 Å². The van der Waals surface area contributed by atoms with Gasteiger partial charge in [0.25, 0.3) is 0 Å². The van der Waals surface area contributed by atoms with Crippen LogP contribution in [0.25, 0.3) is 0 Å². The molecule has 2 saturated heterocycles. The van der Waals surface area contributed by atoms with Crippen LogP contribution in [0.2, 0.25) is 0 Å². The molecule has 0 radical (unpaired) electrons. The molecule has 1 amide bonds. The van der Waals surface area contributed by atoms with Gasteiger partial charge in [-0.3, -0.25) is 4.79 Å². The van der Waals surface area contributed by atoms with Gasteiger partial charge in [0.1, 0.15) is 5.54 Å². The van der Waals surface area contributed by atoms with Crippen LogP contribution < -0.4 is 15.1 Å². The van der Waals surface area contributed by atoms with Gasteiger partial charge in [-0.05, 0) is 44.0 Å². The van der Waals surface area contributed by atoms with Crippen LogP contribution in [0.3, 0.4) is 0 Å². The normalized spacial score (nSPS) is 19.6. The monoisotopic (exact) mass is 321 g/mol. The molecule has 2 aliphatic rings. The summed E-state index contributed by atoms with van der Waals surface area (Å²) < 4.78 is 0. The lowest BCUT2D eigenvalue weighted by Crippen LogP contribution is -2.56. The second-order valence-electron chi connectivity index (χ2n) is 6.78. The maximum absolute atomic E-state index is 12.7. The third-order valence-corrected chi connectivity index (χ3v) is 5.39. The van der Waals surface area contributed by atoms with E-state index in [1.54, 1.807) is 0 Å². The van der Waals surface area contributed by atoms with Gasteiger partial charge in [0.05, 0.1) is 6.67 Å². The molecule has 0 bridgehead atoms. The summed E-state index contributed by atoms with van der Waals surface area (Å²) in [7, 11) is 0. The number of anilines is 2. The molecule has 0 saturated carbocycles. The number of amides is 1. The molecule has 2 aromatic rings. The molecule has 1 spiro atoms. The average Bonchev–Trinajstić information content (AvgIpc) is 2.94. The molecule has 4 nitrogen and oxygen atoms in total. The Bertz CT molecular complexity index is 718. The highest BCUT2D eigenvalue weighted by molar-refractivity contribution is 5.93. The second-order valence-corrected chi connectivity index (χ2v) is 6.78. The molecule has 2 heterocycles. The van der Waals surface area contributed by atoms with Crippen LogP contribution in [0.5, 0.6) is 0 Å². The molecule has 0 aromatic heterocycles. The summed E-state index contributed by atoms with van der Waals surface area (Å²) in [6.07, 6.45) is 1.70. The first-order chi connectivity index (χ1) is 11.7. The summed E-state index contributed by atoms with van der Waals surface area (Å²) in [5.74, 6) is 0.176. The minimum absolute atomic E-state index is 0.176. The van der Waals surface area contributed by atoms with Crippen molar-refractivity contribution < 1.29 is 4.79 Å². The minimum atomic E-state index is -0.400. The topological polar surface area (TPSA) is 35.6 Å². The number of nitrogens with zero attached hydrogens (tertiary/aromatic N) is 2. The third-order valence-electron chi connectivity index (χ3n) is 5.39. The van der Waals surface area contributed by atoms with E-state index >= 15 is 0 Å². The zero-order valence-corrected chi connectivity index (χ0v) is 14.0. The fraction of sp³-hybridized carbons (Fsp3) is 0.350. The van der Waals surface area contributed by atoms with E-state index in [1.807, 2.05) is 18.2 Å². The van der Waals surface area contributed by atoms with Crippen LogP contribution in [-0.2, 0) is 4.79 Å². The number of para-hydroxylation sites is 1. The van der Waals surface area contributed by atoms with Crippen LogP contribution >= 0.6 is 0 Å². The zero-order valence-electron chi connectivity index (χ0n) is 14.0. The van der Waals surface area contributed by atoms with Crippen LogP contribution in [-0.4, -0.2) is 31.2 Å². The molecule has 0 atom stereocenters. The van der Waals surface area contributed by atoms with Crippen molar-refractivity contribution >= 4 is 17.3 Å². The SMILES string of the molecule is Cc1ccc(N2CCC3(CC2)C(=O)NCN3c2ccccc2)cc1. The van der Waals surface area contributed by atoms with Crippen molar-refractivity contribution in [3.63, 3.8) is 0 Å². The van der Waals surface area contributed by atoms with Gasteiger partial charge >= 0.3 is 0 Å². The first-order valence-electron chi connectivity index (χ1n) is 8.62. The van der Waals surface area contributed by atoms with Gasteiger partial charge in [0.2, 0.25) is 5.91 Å². The molecule has 2 aliphatic heterocycles. The van der Waals surface area contributed by atoms with Gasteiger partial charge in [0, 0.05) is 24.5 Å². The van der Waals surface area contributed by atoms with E-state index < -0.39 is 5.54 Å². The molecule has 4 heteroatoms. The van der Waals surface area contributed by atoms with Gasteiger partial charge in [0.15, 0.2) is 0 Å². The highest BCUT2D eigenvalue weighted by Crippen LogP contribution is 2.37.